The Balaban J connectivity index is 2.11. The van der Waals surface area contributed by atoms with Gasteiger partial charge in [-0.25, -0.2) is 0 Å². The van der Waals surface area contributed by atoms with Gasteiger partial charge in [0.05, 0.1) is 21.8 Å². The van der Waals surface area contributed by atoms with E-state index in [2.05, 4.69) is 25.4 Å². The van der Waals surface area contributed by atoms with Crippen LogP contribution in [0.5, 0.6) is 0 Å². The van der Waals surface area contributed by atoms with Crippen molar-refractivity contribution in [2.45, 2.75) is 6.92 Å². The molecule has 0 aliphatic carbocycles. The molecule has 0 atom stereocenters. The Morgan fingerprint density at radius 3 is 2.73 bits per heavy atom. The van der Waals surface area contributed by atoms with Gasteiger partial charge in [0, 0.05) is 29.6 Å². The SMILES string of the molecule is Cc1nnc(-c2[nH]c3c(Cl)c(Cl)ccc3c2-c2cn[nH]c2)o1. The molecule has 0 fully saturated rings. The molecule has 110 valence electrons. The lowest BCUT2D eigenvalue weighted by molar-refractivity contribution is 0.531. The fourth-order valence-corrected chi connectivity index (χ4v) is 2.82. The van der Waals surface area contributed by atoms with Crippen molar-refractivity contribution >= 4 is 34.1 Å². The average Bonchev–Trinajstić information content (AvgIpc) is 3.20. The second kappa shape index (κ2) is 4.86. The number of aromatic nitrogens is 5. The van der Waals surface area contributed by atoms with Crippen molar-refractivity contribution < 1.29 is 4.42 Å². The molecule has 4 rings (SSSR count). The third kappa shape index (κ3) is 1.92. The van der Waals surface area contributed by atoms with Crippen LogP contribution in [0.1, 0.15) is 5.89 Å². The highest BCUT2D eigenvalue weighted by atomic mass is 35.5. The van der Waals surface area contributed by atoms with Crippen LogP contribution in [0.4, 0.5) is 0 Å². The van der Waals surface area contributed by atoms with E-state index >= 15 is 0 Å². The van der Waals surface area contributed by atoms with Crippen LogP contribution >= 0.6 is 23.2 Å². The molecule has 0 saturated heterocycles. The number of benzene rings is 1. The van der Waals surface area contributed by atoms with E-state index in [9.17, 15) is 0 Å². The predicted octanol–water partition coefficient (Wildman–Crippen LogP) is 4.22. The summed E-state index contributed by atoms with van der Waals surface area (Å²) in [5.74, 6) is 0.869. The van der Waals surface area contributed by atoms with Gasteiger partial charge in [-0.05, 0) is 6.07 Å². The van der Waals surface area contributed by atoms with E-state index in [1.54, 1.807) is 25.4 Å². The largest absolute Gasteiger partial charge is 0.420 e. The molecule has 22 heavy (non-hydrogen) atoms. The Hall–Kier alpha value is -2.31. The van der Waals surface area contributed by atoms with Crippen molar-refractivity contribution in [2.24, 2.45) is 0 Å². The summed E-state index contributed by atoms with van der Waals surface area (Å²) >= 11 is 12.4. The van der Waals surface area contributed by atoms with E-state index in [0.29, 0.717) is 27.5 Å². The number of H-pyrrole nitrogens is 2. The standard InChI is InChI=1S/C14H9Cl2N5O/c1-6-20-21-14(22-6)13-10(7-4-17-18-5-7)8-2-3-9(15)11(16)12(8)19-13/h2-5,19H,1H3,(H,17,18). The van der Waals surface area contributed by atoms with E-state index in [4.69, 9.17) is 27.6 Å². The summed E-state index contributed by atoms with van der Waals surface area (Å²) in [6, 6.07) is 3.65. The smallest absolute Gasteiger partial charge is 0.264 e. The maximum Gasteiger partial charge on any atom is 0.264 e. The van der Waals surface area contributed by atoms with Gasteiger partial charge >= 0.3 is 0 Å². The first kappa shape index (κ1) is 13.4. The fourth-order valence-electron chi connectivity index (χ4n) is 2.45. The van der Waals surface area contributed by atoms with Gasteiger partial charge in [0.25, 0.3) is 5.89 Å². The molecule has 3 aromatic heterocycles. The van der Waals surface area contributed by atoms with Crippen molar-refractivity contribution in [3.8, 4) is 22.7 Å². The van der Waals surface area contributed by atoms with Crippen LogP contribution in [0.15, 0.2) is 28.9 Å². The van der Waals surface area contributed by atoms with Crippen molar-refractivity contribution in [1.82, 2.24) is 25.4 Å². The minimum absolute atomic E-state index is 0.386. The number of nitrogens with one attached hydrogen (secondary N) is 2. The second-order valence-corrected chi connectivity index (χ2v) is 5.56. The maximum absolute atomic E-state index is 6.31. The third-order valence-electron chi connectivity index (χ3n) is 3.39. The summed E-state index contributed by atoms with van der Waals surface area (Å²) in [4.78, 5) is 3.24. The first-order valence-corrected chi connectivity index (χ1v) is 7.20. The molecule has 4 aromatic rings. The number of aromatic amines is 2. The van der Waals surface area contributed by atoms with E-state index in [0.717, 1.165) is 22.0 Å². The maximum atomic E-state index is 6.31. The van der Waals surface area contributed by atoms with Crippen LogP contribution in [0.2, 0.25) is 10.0 Å². The molecule has 8 heteroatoms. The highest BCUT2D eigenvalue weighted by Crippen LogP contribution is 2.41. The first-order chi connectivity index (χ1) is 10.6. The van der Waals surface area contributed by atoms with Crippen molar-refractivity contribution in [1.29, 1.82) is 0 Å². The van der Waals surface area contributed by atoms with Crippen LogP contribution in [0, 0.1) is 6.92 Å². The highest BCUT2D eigenvalue weighted by Gasteiger charge is 2.21. The molecule has 1 aromatic carbocycles. The van der Waals surface area contributed by atoms with Gasteiger partial charge in [-0.1, -0.05) is 29.3 Å². The minimum Gasteiger partial charge on any atom is -0.420 e. The lowest BCUT2D eigenvalue weighted by atomic mass is 10.1. The number of halogens is 2. The van der Waals surface area contributed by atoms with E-state index < -0.39 is 0 Å². The summed E-state index contributed by atoms with van der Waals surface area (Å²) in [5.41, 5.74) is 3.17. The van der Waals surface area contributed by atoms with Crippen LogP contribution < -0.4 is 0 Å². The quantitative estimate of drug-likeness (QED) is 0.575. The molecule has 0 unspecified atom stereocenters. The molecular weight excluding hydrogens is 325 g/mol. The van der Waals surface area contributed by atoms with Crippen molar-refractivity contribution in [3.05, 3.63) is 40.5 Å². The highest BCUT2D eigenvalue weighted by molar-refractivity contribution is 6.45. The lowest BCUT2D eigenvalue weighted by Crippen LogP contribution is -1.81. The molecule has 2 N–H and O–H groups in total. The zero-order chi connectivity index (χ0) is 15.3. The van der Waals surface area contributed by atoms with Gasteiger partial charge in [-0.2, -0.15) is 5.10 Å². The summed E-state index contributed by atoms with van der Waals surface area (Å²) in [6.45, 7) is 1.74. The summed E-state index contributed by atoms with van der Waals surface area (Å²) in [6.07, 6.45) is 3.51. The molecule has 0 saturated carbocycles. The molecule has 0 aliphatic rings. The Bertz CT molecular complexity index is 971. The van der Waals surface area contributed by atoms with Gasteiger partial charge in [-0.15, -0.1) is 10.2 Å². The van der Waals surface area contributed by atoms with Gasteiger partial charge < -0.3 is 9.40 Å². The second-order valence-electron chi connectivity index (χ2n) is 4.77. The summed E-state index contributed by atoms with van der Waals surface area (Å²) in [5, 5.41) is 16.6. The van der Waals surface area contributed by atoms with E-state index in [1.165, 1.54) is 0 Å². The molecule has 0 radical (unpaired) electrons. The lowest BCUT2D eigenvalue weighted by Gasteiger charge is -1.99. The Morgan fingerprint density at radius 1 is 1.18 bits per heavy atom. The van der Waals surface area contributed by atoms with Crippen molar-refractivity contribution in [3.63, 3.8) is 0 Å². The molecule has 0 aliphatic heterocycles. The summed E-state index contributed by atoms with van der Waals surface area (Å²) < 4.78 is 5.55. The predicted molar refractivity (Wildman–Crippen MR) is 83.9 cm³/mol. The van der Waals surface area contributed by atoms with Gasteiger partial charge in [0.15, 0.2) is 0 Å². The molecule has 3 heterocycles. The normalized spacial score (nSPS) is 11.4. The number of hydrogen-bond acceptors (Lipinski definition) is 4. The Morgan fingerprint density at radius 2 is 2.05 bits per heavy atom. The number of nitrogens with zero attached hydrogens (tertiary/aromatic N) is 3. The van der Waals surface area contributed by atoms with Crippen LogP contribution in [-0.2, 0) is 0 Å². The average molecular weight is 334 g/mol. The first-order valence-electron chi connectivity index (χ1n) is 6.44. The molecule has 0 amide bonds. The van der Waals surface area contributed by atoms with Crippen molar-refractivity contribution in [2.75, 3.05) is 0 Å². The van der Waals surface area contributed by atoms with Crippen LogP contribution in [-0.4, -0.2) is 25.4 Å². The van der Waals surface area contributed by atoms with E-state index in [1.807, 2.05) is 6.07 Å². The zero-order valence-corrected chi connectivity index (χ0v) is 12.8. The van der Waals surface area contributed by atoms with Gasteiger partial charge in [0.1, 0.15) is 5.69 Å². The molecule has 0 bridgehead atoms. The van der Waals surface area contributed by atoms with E-state index in [-0.39, 0.29) is 0 Å². The Labute approximate surface area is 134 Å². The van der Waals surface area contributed by atoms with Crippen LogP contribution in [0.25, 0.3) is 33.6 Å². The van der Waals surface area contributed by atoms with Gasteiger partial charge in [-0.3, -0.25) is 5.10 Å². The van der Waals surface area contributed by atoms with Gasteiger partial charge in [0.2, 0.25) is 5.89 Å². The Kier molecular flexibility index (Phi) is 2.95. The number of hydrogen-bond donors (Lipinski definition) is 2. The fraction of sp³-hybridized carbons (Fsp3) is 0.0714. The minimum atomic E-state index is 0.386. The number of rotatable bonds is 2. The molecule has 6 nitrogen and oxygen atoms in total. The summed E-state index contributed by atoms with van der Waals surface area (Å²) in [7, 11) is 0. The molecular formula is C14H9Cl2N5O. The number of fused-ring (bicyclic) bond motifs is 1. The number of aryl methyl sites for hydroxylation is 1. The molecule has 0 spiro atoms. The topological polar surface area (TPSA) is 83.4 Å². The zero-order valence-electron chi connectivity index (χ0n) is 11.3. The third-order valence-corrected chi connectivity index (χ3v) is 4.20. The monoisotopic (exact) mass is 333 g/mol. The van der Waals surface area contributed by atoms with Crippen LogP contribution in [0.3, 0.4) is 0 Å².